The van der Waals surface area contributed by atoms with Gasteiger partial charge in [0.1, 0.15) is 17.6 Å². The van der Waals surface area contributed by atoms with Crippen LogP contribution in [0.5, 0.6) is 11.5 Å². The Labute approximate surface area is 160 Å². The number of hydrogen-bond donors (Lipinski definition) is 2. The molecule has 0 atom stereocenters. The second-order valence-corrected chi connectivity index (χ2v) is 8.45. The van der Waals surface area contributed by atoms with E-state index in [-0.39, 0.29) is 34.9 Å². The van der Waals surface area contributed by atoms with Crippen LogP contribution in [0.25, 0.3) is 0 Å². The van der Waals surface area contributed by atoms with E-state index in [0.717, 1.165) is 31.2 Å². The molecule has 0 radical (unpaired) electrons. The van der Waals surface area contributed by atoms with Crippen LogP contribution in [0, 0.1) is 0 Å². The second kappa shape index (κ2) is 7.63. The minimum atomic E-state index is -0.272. The predicted octanol–water partition coefficient (Wildman–Crippen LogP) is 5.28. The summed E-state index contributed by atoms with van der Waals surface area (Å²) in [6.45, 7) is 6.43. The summed E-state index contributed by atoms with van der Waals surface area (Å²) in [7, 11) is 0. The summed E-state index contributed by atoms with van der Waals surface area (Å²) < 4.78 is 5.69. The Morgan fingerprint density at radius 1 is 0.963 bits per heavy atom. The summed E-state index contributed by atoms with van der Waals surface area (Å²) in [5.41, 5.74) is 2.69. The maximum Gasteiger partial charge on any atom is 0.338 e. The molecule has 0 bridgehead atoms. The van der Waals surface area contributed by atoms with E-state index in [0.29, 0.717) is 5.56 Å². The third kappa shape index (κ3) is 4.62. The molecule has 0 aromatic heterocycles. The highest BCUT2D eigenvalue weighted by Gasteiger charge is 2.27. The van der Waals surface area contributed by atoms with E-state index in [1.807, 2.05) is 24.3 Å². The van der Waals surface area contributed by atoms with Gasteiger partial charge in [-0.1, -0.05) is 39.0 Å². The Hall–Kier alpha value is -2.49. The standard InChI is InChI=1S/C23H28O4/c1-23(2,3)17-8-4-16(5-9-17)22(26)27-19-11-6-15(7-12-19)20-13-10-18(24)14-21(20)25/h4-5,8-10,13-15,19,24-25H,6-7,11-12H2,1-3H3/t15-,19-. The zero-order chi connectivity index (χ0) is 19.6. The molecule has 2 N–H and O–H groups in total. The van der Waals surface area contributed by atoms with E-state index >= 15 is 0 Å². The molecule has 4 nitrogen and oxygen atoms in total. The molecule has 27 heavy (non-hydrogen) atoms. The van der Waals surface area contributed by atoms with Crippen LogP contribution in [0.15, 0.2) is 42.5 Å². The van der Waals surface area contributed by atoms with Crippen molar-refractivity contribution in [2.75, 3.05) is 0 Å². The molecule has 2 aromatic carbocycles. The Balaban J connectivity index is 1.56. The summed E-state index contributed by atoms with van der Waals surface area (Å²) in [5.74, 6) is 0.156. The van der Waals surface area contributed by atoms with Gasteiger partial charge in [0.2, 0.25) is 0 Å². The van der Waals surface area contributed by atoms with E-state index < -0.39 is 0 Å². The van der Waals surface area contributed by atoms with Crippen LogP contribution in [0.3, 0.4) is 0 Å². The lowest BCUT2D eigenvalue weighted by molar-refractivity contribution is 0.0194. The first kappa shape index (κ1) is 19.3. The lowest BCUT2D eigenvalue weighted by Gasteiger charge is -2.29. The average Bonchev–Trinajstić information content (AvgIpc) is 2.62. The third-order valence-corrected chi connectivity index (χ3v) is 5.39. The van der Waals surface area contributed by atoms with Crippen LogP contribution in [0.4, 0.5) is 0 Å². The summed E-state index contributed by atoms with van der Waals surface area (Å²) in [4.78, 5) is 12.4. The predicted molar refractivity (Wildman–Crippen MR) is 105 cm³/mol. The second-order valence-electron chi connectivity index (χ2n) is 8.45. The van der Waals surface area contributed by atoms with Crippen molar-refractivity contribution in [2.45, 2.75) is 63.9 Å². The van der Waals surface area contributed by atoms with Crippen LogP contribution >= 0.6 is 0 Å². The lowest BCUT2D eigenvalue weighted by atomic mass is 9.82. The largest absolute Gasteiger partial charge is 0.508 e. The lowest BCUT2D eigenvalue weighted by Crippen LogP contribution is -2.24. The maximum atomic E-state index is 12.4. The topological polar surface area (TPSA) is 66.8 Å². The van der Waals surface area contributed by atoms with Gasteiger partial charge in [-0.15, -0.1) is 0 Å². The maximum absolute atomic E-state index is 12.4. The first-order valence-electron chi connectivity index (χ1n) is 9.57. The summed E-state index contributed by atoms with van der Waals surface area (Å²) in [6.07, 6.45) is 3.15. The SMILES string of the molecule is CC(C)(C)c1ccc(C(=O)O[C@H]2CC[C@H](c3ccc(O)cc3O)CC2)cc1. The monoisotopic (exact) mass is 368 g/mol. The van der Waals surface area contributed by atoms with Crippen molar-refractivity contribution in [3.05, 3.63) is 59.2 Å². The van der Waals surface area contributed by atoms with E-state index in [4.69, 9.17) is 4.74 Å². The molecule has 0 aliphatic heterocycles. The zero-order valence-corrected chi connectivity index (χ0v) is 16.2. The summed E-state index contributed by atoms with van der Waals surface area (Å²) >= 11 is 0. The van der Waals surface area contributed by atoms with Gasteiger partial charge in [0.25, 0.3) is 0 Å². The summed E-state index contributed by atoms with van der Waals surface area (Å²) in [6, 6.07) is 12.4. The first-order chi connectivity index (χ1) is 12.7. The van der Waals surface area contributed by atoms with Gasteiger partial charge < -0.3 is 14.9 Å². The fourth-order valence-electron chi connectivity index (χ4n) is 3.69. The molecule has 1 aliphatic rings. The zero-order valence-electron chi connectivity index (χ0n) is 16.2. The van der Waals surface area contributed by atoms with Crippen molar-refractivity contribution in [3.63, 3.8) is 0 Å². The van der Waals surface area contributed by atoms with Crippen molar-refractivity contribution in [2.24, 2.45) is 0 Å². The number of phenolic OH excluding ortho intramolecular Hbond substituents is 2. The van der Waals surface area contributed by atoms with Crippen molar-refractivity contribution in [3.8, 4) is 11.5 Å². The summed E-state index contributed by atoms with van der Waals surface area (Å²) in [5, 5.41) is 19.5. The highest BCUT2D eigenvalue weighted by atomic mass is 16.5. The van der Waals surface area contributed by atoms with Crippen LogP contribution in [0.2, 0.25) is 0 Å². The molecule has 1 aliphatic carbocycles. The number of phenols is 2. The number of hydrogen-bond acceptors (Lipinski definition) is 4. The molecule has 0 amide bonds. The molecule has 0 heterocycles. The third-order valence-electron chi connectivity index (χ3n) is 5.39. The smallest absolute Gasteiger partial charge is 0.338 e. The number of rotatable bonds is 3. The number of ether oxygens (including phenoxy) is 1. The number of carbonyl (C=O) groups is 1. The van der Waals surface area contributed by atoms with Gasteiger partial charge in [-0.3, -0.25) is 0 Å². The average molecular weight is 368 g/mol. The number of benzene rings is 2. The molecule has 144 valence electrons. The molecule has 2 aromatic rings. The van der Waals surface area contributed by atoms with Crippen molar-refractivity contribution in [1.29, 1.82) is 0 Å². The number of aromatic hydroxyl groups is 2. The van der Waals surface area contributed by atoms with Gasteiger partial charge in [0.05, 0.1) is 5.56 Å². The van der Waals surface area contributed by atoms with Crippen LogP contribution in [0.1, 0.15) is 73.9 Å². The van der Waals surface area contributed by atoms with E-state index in [1.54, 1.807) is 12.1 Å². The highest BCUT2D eigenvalue weighted by Crippen LogP contribution is 2.39. The normalized spacial score (nSPS) is 20.3. The molecule has 4 heteroatoms. The number of esters is 1. The Morgan fingerprint density at radius 3 is 2.15 bits per heavy atom. The minimum absolute atomic E-state index is 0.0562. The van der Waals surface area contributed by atoms with Gasteiger partial charge in [-0.05, 0) is 66.3 Å². The Kier molecular flexibility index (Phi) is 5.45. The minimum Gasteiger partial charge on any atom is -0.508 e. The Bertz CT molecular complexity index is 794. The van der Waals surface area contributed by atoms with E-state index in [2.05, 4.69) is 20.8 Å². The quantitative estimate of drug-likeness (QED) is 0.724. The molecule has 0 saturated heterocycles. The van der Waals surface area contributed by atoms with Gasteiger partial charge in [0, 0.05) is 6.07 Å². The fourth-order valence-corrected chi connectivity index (χ4v) is 3.69. The van der Waals surface area contributed by atoms with Crippen LogP contribution < -0.4 is 0 Å². The molecular formula is C23H28O4. The Morgan fingerprint density at radius 2 is 1.59 bits per heavy atom. The fraction of sp³-hybridized carbons (Fsp3) is 0.435. The first-order valence-corrected chi connectivity index (χ1v) is 9.57. The van der Waals surface area contributed by atoms with Crippen molar-refractivity contribution >= 4 is 5.97 Å². The van der Waals surface area contributed by atoms with Crippen LogP contribution in [-0.2, 0) is 10.2 Å². The molecule has 1 saturated carbocycles. The van der Waals surface area contributed by atoms with Gasteiger partial charge in [0.15, 0.2) is 0 Å². The van der Waals surface area contributed by atoms with Gasteiger partial charge in [-0.2, -0.15) is 0 Å². The molecule has 1 fully saturated rings. The van der Waals surface area contributed by atoms with E-state index in [9.17, 15) is 15.0 Å². The van der Waals surface area contributed by atoms with Crippen LogP contribution in [-0.4, -0.2) is 22.3 Å². The van der Waals surface area contributed by atoms with E-state index in [1.165, 1.54) is 11.6 Å². The highest BCUT2D eigenvalue weighted by molar-refractivity contribution is 5.89. The molecule has 0 unspecified atom stereocenters. The van der Waals surface area contributed by atoms with Gasteiger partial charge in [-0.25, -0.2) is 4.79 Å². The molecule has 3 rings (SSSR count). The van der Waals surface area contributed by atoms with Crippen molar-refractivity contribution < 1.29 is 19.7 Å². The van der Waals surface area contributed by atoms with Crippen molar-refractivity contribution in [1.82, 2.24) is 0 Å². The number of carbonyl (C=O) groups excluding carboxylic acids is 1. The molecule has 0 spiro atoms. The van der Waals surface area contributed by atoms with Gasteiger partial charge >= 0.3 is 5.97 Å². The molecular weight excluding hydrogens is 340 g/mol.